The second-order valence-electron chi connectivity index (χ2n) is 7.44. The lowest BCUT2D eigenvalue weighted by atomic mass is 10.0. The molecule has 0 saturated carbocycles. The lowest BCUT2D eigenvalue weighted by Gasteiger charge is -2.13. The van der Waals surface area contributed by atoms with Crippen molar-refractivity contribution in [2.75, 3.05) is 19.0 Å². The standard InChI is InChI=1S/C26H23NO5/c1-16-7-6-10-22(17(16)2)31-15-25(28)27-19-11-12-20(24(14-19)30-3)21-13-18-8-4-5-9-23(18)32-26(21)29/h4-14H,15H2,1-3H3,(H,27,28). The Morgan fingerprint density at radius 3 is 2.56 bits per heavy atom. The van der Waals surface area contributed by atoms with Gasteiger partial charge in [-0.25, -0.2) is 4.79 Å². The molecule has 162 valence electrons. The van der Waals surface area contributed by atoms with E-state index in [1.54, 1.807) is 30.3 Å². The van der Waals surface area contributed by atoms with Crippen molar-refractivity contribution < 1.29 is 18.7 Å². The van der Waals surface area contributed by atoms with Crippen LogP contribution >= 0.6 is 0 Å². The molecule has 0 radical (unpaired) electrons. The number of ether oxygens (including phenoxy) is 2. The number of benzene rings is 3. The Morgan fingerprint density at radius 1 is 0.938 bits per heavy atom. The molecule has 4 rings (SSSR count). The summed E-state index contributed by atoms with van der Waals surface area (Å²) < 4.78 is 16.6. The van der Waals surface area contributed by atoms with Gasteiger partial charge in [0.1, 0.15) is 17.1 Å². The Bertz CT molecular complexity index is 1360. The van der Waals surface area contributed by atoms with Crippen LogP contribution in [0.25, 0.3) is 22.1 Å². The van der Waals surface area contributed by atoms with E-state index < -0.39 is 5.63 Å². The summed E-state index contributed by atoms with van der Waals surface area (Å²) in [6.45, 7) is 3.82. The largest absolute Gasteiger partial charge is 0.496 e. The molecule has 6 nitrogen and oxygen atoms in total. The number of methoxy groups -OCH3 is 1. The lowest BCUT2D eigenvalue weighted by Crippen LogP contribution is -2.20. The van der Waals surface area contributed by atoms with E-state index in [2.05, 4.69) is 5.32 Å². The van der Waals surface area contributed by atoms with Crippen LogP contribution in [-0.4, -0.2) is 19.6 Å². The summed E-state index contributed by atoms with van der Waals surface area (Å²) >= 11 is 0. The fourth-order valence-electron chi connectivity index (χ4n) is 3.46. The van der Waals surface area contributed by atoms with E-state index in [9.17, 15) is 9.59 Å². The van der Waals surface area contributed by atoms with E-state index >= 15 is 0 Å². The topological polar surface area (TPSA) is 77.8 Å². The first-order valence-electron chi connectivity index (χ1n) is 10.2. The Labute approximate surface area is 185 Å². The number of carbonyl (C=O) groups is 1. The first-order valence-corrected chi connectivity index (χ1v) is 10.2. The molecule has 0 bridgehead atoms. The van der Waals surface area contributed by atoms with E-state index in [-0.39, 0.29) is 12.5 Å². The molecule has 0 spiro atoms. The van der Waals surface area contributed by atoms with Crippen molar-refractivity contribution >= 4 is 22.6 Å². The van der Waals surface area contributed by atoms with E-state index in [1.165, 1.54) is 7.11 Å². The van der Waals surface area contributed by atoms with Crippen molar-refractivity contribution in [3.05, 3.63) is 88.3 Å². The van der Waals surface area contributed by atoms with Crippen LogP contribution in [-0.2, 0) is 4.79 Å². The number of anilines is 1. The molecule has 0 aliphatic rings. The second-order valence-corrected chi connectivity index (χ2v) is 7.44. The maximum absolute atomic E-state index is 12.5. The number of nitrogens with one attached hydrogen (secondary N) is 1. The van der Waals surface area contributed by atoms with Crippen LogP contribution in [0.15, 0.2) is 75.9 Å². The summed E-state index contributed by atoms with van der Waals surface area (Å²) in [7, 11) is 1.51. The smallest absolute Gasteiger partial charge is 0.344 e. The second kappa shape index (κ2) is 8.98. The van der Waals surface area contributed by atoms with Gasteiger partial charge in [-0.1, -0.05) is 30.3 Å². The third-order valence-electron chi connectivity index (χ3n) is 5.33. The van der Waals surface area contributed by atoms with Gasteiger partial charge in [0, 0.05) is 22.7 Å². The fourth-order valence-corrected chi connectivity index (χ4v) is 3.46. The average Bonchev–Trinajstić information content (AvgIpc) is 2.79. The van der Waals surface area contributed by atoms with Crippen molar-refractivity contribution in [3.63, 3.8) is 0 Å². The highest BCUT2D eigenvalue weighted by Gasteiger charge is 2.14. The molecule has 1 N–H and O–H groups in total. The number of aryl methyl sites for hydroxylation is 1. The number of hydrogen-bond donors (Lipinski definition) is 1. The Morgan fingerprint density at radius 2 is 1.75 bits per heavy atom. The van der Waals surface area contributed by atoms with Gasteiger partial charge >= 0.3 is 5.63 Å². The first kappa shape index (κ1) is 21.2. The van der Waals surface area contributed by atoms with Crippen LogP contribution < -0.4 is 20.4 Å². The molecule has 1 amide bonds. The number of rotatable bonds is 6. The number of fused-ring (bicyclic) bond motifs is 1. The van der Waals surface area contributed by atoms with Gasteiger partial charge in [0.05, 0.1) is 12.7 Å². The first-order chi connectivity index (χ1) is 15.5. The van der Waals surface area contributed by atoms with Gasteiger partial charge in [0.15, 0.2) is 6.61 Å². The summed E-state index contributed by atoms with van der Waals surface area (Å²) in [6, 6.07) is 19.9. The van der Waals surface area contributed by atoms with Crippen LogP contribution in [0.1, 0.15) is 11.1 Å². The van der Waals surface area contributed by atoms with Crippen LogP contribution in [0, 0.1) is 13.8 Å². The SMILES string of the molecule is COc1cc(NC(=O)COc2cccc(C)c2C)ccc1-c1cc2ccccc2oc1=O. The lowest BCUT2D eigenvalue weighted by molar-refractivity contribution is -0.118. The molecular formula is C26H23NO5. The van der Waals surface area contributed by atoms with Gasteiger partial charge in [0.25, 0.3) is 5.91 Å². The van der Waals surface area contributed by atoms with E-state index in [1.807, 2.05) is 50.2 Å². The average molecular weight is 429 g/mol. The predicted molar refractivity (Wildman–Crippen MR) is 125 cm³/mol. The zero-order valence-corrected chi connectivity index (χ0v) is 18.1. The summed E-state index contributed by atoms with van der Waals surface area (Å²) in [5.41, 5.74) is 3.66. The summed E-state index contributed by atoms with van der Waals surface area (Å²) in [6.07, 6.45) is 0. The molecule has 0 aliphatic carbocycles. The molecule has 6 heteroatoms. The Balaban J connectivity index is 1.54. The minimum absolute atomic E-state index is 0.122. The molecule has 0 unspecified atom stereocenters. The molecule has 4 aromatic rings. The van der Waals surface area contributed by atoms with Crippen LogP contribution in [0.3, 0.4) is 0 Å². The molecule has 3 aromatic carbocycles. The molecule has 32 heavy (non-hydrogen) atoms. The number of amides is 1. The van der Waals surface area contributed by atoms with Gasteiger partial charge in [-0.3, -0.25) is 4.79 Å². The van der Waals surface area contributed by atoms with Crippen molar-refractivity contribution in [1.82, 2.24) is 0 Å². The van der Waals surface area contributed by atoms with Crippen molar-refractivity contribution in [3.8, 4) is 22.6 Å². The molecular weight excluding hydrogens is 406 g/mol. The number of para-hydroxylation sites is 1. The van der Waals surface area contributed by atoms with Crippen LogP contribution in [0.4, 0.5) is 5.69 Å². The third-order valence-corrected chi connectivity index (χ3v) is 5.33. The molecule has 1 aromatic heterocycles. The molecule has 1 heterocycles. The maximum atomic E-state index is 12.5. The van der Waals surface area contributed by atoms with Crippen LogP contribution in [0.5, 0.6) is 11.5 Å². The fraction of sp³-hybridized carbons (Fsp3) is 0.154. The monoisotopic (exact) mass is 429 g/mol. The Kier molecular flexibility index (Phi) is 5.94. The predicted octanol–water partition coefficient (Wildman–Crippen LogP) is 5.10. The number of carbonyl (C=O) groups excluding carboxylic acids is 1. The Hall–Kier alpha value is -4.06. The summed E-state index contributed by atoms with van der Waals surface area (Å²) in [5.74, 6) is 0.822. The maximum Gasteiger partial charge on any atom is 0.344 e. The van der Waals surface area contributed by atoms with Gasteiger partial charge in [-0.2, -0.15) is 0 Å². The van der Waals surface area contributed by atoms with Crippen molar-refractivity contribution in [2.24, 2.45) is 0 Å². The highest BCUT2D eigenvalue weighted by atomic mass is 16.5. The van der Waals surface area contributed by atoms with Gasteiger partial charge < -0.3 is 19.2 Å². The minimum atomic E-state index is -0.458. The zero-order valence-electron chi connectivity index (χ0n) is 18.1. The van der Waals surface area contributed by atoms with Crippen molar-refractivity contribution in [2.45, 2.75) is 13.8 Å². The third kappa shape index (κ3) is 4.34. The van der Waals surface area contributed by atoms with E-state index in [4.69, 9.17) is 13.9 Å². The van der Waals surface area contributed by atoms with E-state index in [0.717, 1.165) is 16.5 Å². The molecule has 0 fully saturated rings. The highest BCUT2D eigenvalue weighted by Crippen LogP contribution is 2.32. The van der Waals surface area contributed by atoms with E-state index in [0.29, 0.717) is 33.9 Å². The summed E-state index contributed by atoms with van der Waals surface area (Å²) in [4.78, 5) is 24.9. The quantitative estimate of drug-likeness (QED) is 0.431. The highest BCUT2D eigenvalue weighted by molar-refractivity contribution is 5.93. The normalized spacial score (nSPS) is 10.7. The molecule has 0 aliphatic heterocycles. The van der Waals surface area contributed by atoms with Crippen molar-refractivity contribution in [1.29, 1.82) is 0 Å². The zero-order chi connectivity index (χ0) is 22.7. The molecule has 0 atom stereocenters. The van der Waals surface area contributed by atoms with Gasteiger partial charge in [0.2, 0.25) is 0 Å². The van der Waals surface area contributed by atoms with Gasteiger partial charge in [-0.15, -0.1) is 0 Å². The van der Waals surface area contributed by atoms with Crippen LogP contribution in [0.2, 0.25) is 0 Å². The molecule has 0 saturated heterocycles. The van der Waals surface area contributed by atoms with Gasteiger partial charge in [-0.05, 0) is 55.3 Å². The minimum Gasteiger partial charge on any atom is -0.496 e. The summed E-state index contributed by atoms with van der Waals surface area (Å²) in [5, 5.41) is 3.61. The number of hydrogen-bond acceptors (Lipinski definition) is 5.